The van der Waals surface area contributed by atoms with Gasteiger partial charge in [-0.2, -0.15) is 0 Å². The summed E-state index contributed by atoms with van der Waals surface area (Å²) < 4.78 is 0. The number of hydrogen-bond acceptors (Lipinski definition) is 5. The van der Waals surface area contributed by atoms with Crippen molar-refractivity contribution in [3.63, 3.8) is 0 Å². The smallest absolute Gasteiger partial charge is 0.135 e. The van der Waals surface area contributed by atoms with Gasteiger partial charge in [-0.25, -0.2) is 9.97 Å². The lowest BCUT2D eigenvalue weighted by Gasteiger charge is -2.10. The number of nitrogens with zero attached hydrogens (tertiary/aromatic N) is 3. The van der Waals surface area contributed by atoms with Crippen molar-refractivity contribution in [3.8, 4) is 0 Å². The number of aromatic nitrogens is 3. The third kappa shape index (κ3) is 3.55. The number of pyridine rings is 1. The quantitative estimate of drug-likeness (QED) is 0.569. The van der Waals surface area contributed by atoms with Gasteiger partial charge in [0.15, 0.2) is 0 Å². The average molecular weight is 327 g/mol. The Hall–Kier alpha value is -3.47. The first kappa shape index (κ1) is 15.1. The lowest BCUT2D eigenvalue weighted by atomic mass is 10.2. The van der Waals surface area contributed by atoms with Gasteiger partial charge in [0.1, 0.15) is 18.0 Å². The van der Waals surface area contributed by atoms with Gasteiger partial charge in [0.2, 0.25) is 0 Å². The minimum atomic E-state index is 0.715. The van der Waals surface area contributed by atoms with E-state index in [1.807, 2.05) is 54.6 Å². The van der Waals surface area contributed by atoms with Gasteiger partial charge in [-0.15, -0.1) is 0 Å². The SMILES string of the molecule is c1ccc(CNc2cc(Nc3cccc4cccnc34)ncn2)cc1. The Morgan fingerprint density at radius 2 is 1.60 bits per heavy atom. The predicted molar refractivity (Wildman–Crippen MR) is 101 cm³/mol. The standard InChI is InChI=1S/C20H17N5/c1-2-6-15(7-3-1)13-22-18-12-19(24-14-23-18)25-17-10-4-8-16-9-5-11-21-20(16)17/h1-12,14H,13H2,(H2,22,23,24,25). The van der Waals surface area contributed by atoms with Crippen LogP contribution in [0.3, 0.4) is 0 Å². The molecule has 0 unspecified atom stereocenters. The zero-order valence-electron chi connectivity index (χ0n) is 13.6. The monoisotopic (exact) mass is 327 g/mol. The molecule has 0 aliphatic carbocycles. The van der Waals surface area contributed by atoms with E-state index in [1.54, 1.807) is 12.5 Å². The van der Waals surface area contributed by atoms with Gasteiger partial charge in [-0.05, 0) is 17.7 Å². The van der Waals surface area contributed by atoms with Crippen LogP contribution < -0.4 is 10.6 Å². The van der Waals surface area contributed by atoms with Crippen molar-refractivity contribution in [2.24, 2.45) is 0 Å². The number of rotatable bonds is 5. The van der Waals surface area contributed by atoms with Crippen LogP contribution in [-0.2, 0) is 6.54 Å². The van der Waals surface area contributed by atoms with Crippen LogP contribution in [0.15, 0.2) is 79.3 Å². The predicted octanol–water partition coefficient (Wildman–Crippen LogP) is 4.38. The first-order valence-corrected chi connectivity index (χ1v) is 8.09. The van der Waals surface area contributed by atoms with E-state index >= 15 is 0 Å². The highest BCUT2D eigenvalue weighted by Gasteiger charge is 2.04. The third-order valence-corrected chi connectivity index (χ3v) is 3.88. The number of anilines is 3. The molecule has 2 N–H and O–H groups in total. The van der Waals surface area contributed by atoms with Gasteiger partial charge in [-0.3, -0.25) is 4.98 Å². The van der Waals surface area contributed by atoms with Gasteiger partial charge in [0.05, 0.1) is 11.2 Å². The number of hydrogen-bond donors (Lipinski definition) is 2. The molecular formula is C20H17N5. The summed E-state index contributed by atoms with van der Waals surface area (Å²) in [7, 11) is 0. The Labute approximate surface area is 145 Å². The normalized spacial score (nSPS) is 10.6. The summed E-state index contributed by atoms with van der Waals surface area (Å²) in [5.74, 6) is 1.50. The van der Waals surface area contributed by atoms with Gasteiger partial charge >= 0.3 is 0 Å². The maximum Gasteiger partial charge on any atom is 0.135 e. The van der Waals surface area contributed by atoms with E-state index in [9.17, 15) is 0 Å². The fraction of sp³-hybridized carbons (Fsp3) is 0.0500. The van der Waals surface area contributed by atoms with Gasteiger partial charge in [-0.1, -0.05) is 48.5 Å². The van der Waals surface area contributed by atoms with Crippen molar-refractivity contribution in [1.82, 2.24) is 15.0 Å². The molecule has 0 amide bonds. The first-order valence-electron chi connectivity index (χ1n) is 8.09. The van der Waals surface area contributed by atoms with Crippen molar-refractivity contribution < 1.29 is 0 Å². The van der Waals surface area contributed by atoms with Crippen molar-refractivity contribution in [1.29, 1.82) is 0 Å². The summed E-state index contributed by atoms with van der Waals surface area (Å²) in [6, 6.07) is 22.1. The lowest BCUT2D eigenvalue weighted by molar-refractivity contribution is 1.08. The number of nitrogens with one attached hydrogen (secondary N) is 2. The highest BCUT2D eigenvalue weighted by molar-refractivity contribution is 5.91. The molecule has 5 heteroatoms. The van der Waals surface area contributed by atoms with Gasteiger partial charge < -0.3 is 10.6 Å². The van der Waals surface area contributed by atoms with Crippen LogP contribution in [-0.4, -0.2) is 15.0 Å². The molecule has 0 spiro atoms. The van der Waals surface area contributed by atoms with Crippen LogP contribution in [0.4, 0.5) is 17.3 Å². The lowest BCUT2D eigenvalue weighted by Crippen LogP contribution is -2.03. The number of fused-ring (bicyclic) bond motifs is 1. The molecule has 0 bridgehead atoms. The fourth-order valence-corrected chi connectivity index (χ4v) is 2.65. The molecule has 122 valence electrons. The van der Waals surface area contributed by atoms with Crippen molar-refractivity contribution >= 4 is 28.2 Å². The highest BCUT2D eigenvalue weighted by Crippen LogP contribution is 2.24. The second-order valence-corrected chi connectivity index (χ2v) is 5.63. The Balaban J connectivity index is 1.53. The number of benzene rings is 2. The van der Waals surface area contributed by atoms with Crippen molar-refractivity contribution in [2.45, 2.75) is 6.54 Å². The molecule has 2 aromatic carbocycles. The molecule has 0 atom stereocenters. The Kier molecular flexibility index (Phi) is 4.20. The zero-order valence-corrected chi connectivity index (χ0v) is 13.6. The van der Waals surface area contributed by atoms with Crippen LogP contribution in [0, 0.1) is 0 Å². The summed E-state index contributed by atoms with van der Waals surface area (Å²) in [5, 5.41) is 7.74. The zero-order chi connectivity index (χ0) is 16.9. The highest BCUT2D eigenvalue weighted by atomic mass is 15.1. The summed E-state index contributed by atoms with van der Waals surface area (Å²) in [4.78, 5) is 13.0. The molecular weight excluding hydrogens is 310 g/mol. The van der Waals surface area contributed by atoms with Crippen LogP contribution in [0.5, 0.6) is 0 Å². The van der Waals surface area contributed by atoms with E-state index in [-0.39, 0.29) is 0 Å². The van der Waals surface area contributed by atoms with Gasteiger partial charge in [0, 0.05) is 24.2 Å². The summed E-state index contributed by atoms with van der Waals surface area (Å²) >= 11 is 0. The molecule has 2 heterocycles. The largest absolute Gasteiger partial charge is 0.366 e. The minimum absolute atomic E-state index is 0.715. The maximum atomic E-state index is 4.45. The minimum Gasteiger partial charge on any atom is -0.366 e. The molecule has 0 aliphatic rings. The summed E-state index contributed by atoms with van der Waals surface area (Å²) in [5.41, 5.74) is 3.04. The Bertz CT molecular complexity index is 980. The Morgan fingerprint density at radius 3 is 2.52 bits per heavy atom. The average Bonchev–Trinajstić information content (AvgIpc) is 2.68. The van der Waals surface area contributed by atoms with E-state index in [0.29, 0.717) is 6.54 Å². The molecule has 0 radical (unpaired) electrons. The molecule has 0 aliphatic heterocycles. The molecule has 4 aromatic rings. The molecule has 0 saturated carbocycles. The van der Waals surface area contributed by atoms with E-state index in [0.717, 1.165) is 28.2 Å². The summed E-state index contributed by atoms with van der Waals surface area (Å²) in [6.07, 6.45) is 3.34. The Morgan fingerprint density at radius 1 is 0.760 bits per heavy atom. The van der Waals surface area contributed by atoms with Gasteiger partial charge in [0.25, 0.3) is 0 Å². The summed E-state index contributed by atoms with van der Waals surface area (Å²) in [6.45, 7) is 0.715. The van der Waals surface area contributed by atoms with Crippen LogP contribution in [0.1, 0.15) is 5.56 Å². The van der Waals surface area contributed by atoms with E-state index < -0.39 is 0 Å². The van der Waals surface area contributed by atoms with E-state index in [2.05, 4.69) is 37.7 Å². The molecule has 0 saturated heterocycles. The second kappa shape index (κ2) is 6.97. The van der Waals surface area contributed by atoms with Crippen LogP contribution >= 0.6 is 0 Å². The topological polar surface area (TPSA) is 62.7 Å². The molecule has 0 fully saturated rings. The molecule has 5 nitrogen and oxygen atoms in total. The second-order valence-electron chi connectivity index (χ2n) is 5.63. The molecule has 4 rings (SSSR count). The number of para-hydroxylation sites is 1. The van der Waals surface area contributed by atoms with Crippen molar-refractivity contribution in [3.05, 3.63) is 84.8 Å². The van der Waals surface area contributed by atoms with Crippen LogP contribution in [0.2, 0.25) is 0 Å². The maximum absolute atomic E-state index is 4.45. The fourth-order valence-electron chi connectivity index (χ4n) is 2.65. The first-order chi connectivity index (χ1) is 12.4. The van der Waals surface area contributed by atoms with Crippen LogP contribution in [0.25, 0.3) is 10.9 Å². The third-order valence-electron chi connectivity index (χ3n) is 3.88. The van der Waals surface area contributed by atoms with E-state index in [1.165, 1.54) is 5.56 Å². The molecule has 25 heavy (non-hydrogen) atoms. The van der Waals surface area contributed by atoms with Crippen molar-refractivity contribution in [2.75, 3.05) is 10.6 Å². The molecule has 2 aromatic heterocycles. The van der Waals surface area contributed by atoms with E-state index in [4.69, 9.17) is 0 Å².